The predicted octanol–water partition coefficient (Wildman–Crippen LogP) is 2.24. The van der Waals surface area contributed by atoms with Crippen molar-refractivity contribution in [2.24, 2.45) is 4.99 Å². The molecule has 0 aliphatic carbocycles. The van der Waals surface area contributed by atoms with Gasteiger partial charge in [0.25, 0.3) is 0 Å². The molecule has 6 heteroatoms. The van der Waals surface area contributed by atoms with Gasteiger partial charge in [0.2, 0.25) is 0 Å². The average molecular weight is 385 g/mol. The SMILES string of the molecule is CN(C)C(=NCc1ccccc1)NCc1ccn[nH]1.I. The Bertz CT molecular complexity index is 508. The average Bonchev–Trinajstić information content (AvgIpc) is 2.92. The first kappa shape index (κ1) is 16.5. The molecular weight excluding hydrogens is 365 g/mol. The number of hydrogen-bond donors (Lipinski definition) is 2. The molecular formula is C14H20IN5. The molecule has 0 saturated carbocycles. The minimum absolute atomic E-state index is 0. The first-order valence-electron chi connectivity index (χ1n) is 6.23. The van der Waals surface area contributed by atoms with Crippen molar-refractivity contribution in [3.63, 3.8) is 0 Å². The minimum Gasteiger partial charge on any atom is -0.351 e. The third kappa shape index (κ3) is 5.20. The van der Waals surface area contributed by atoms with Crippen LogP contribution in [-0.4, -0.2) is 35.2 Å². The highest BCUT2D eigenvalue weighted by Crippen LogP contribution is 2.01. The zero-order valence-corrected chi connectivity index (χ0v) is 14.0. The lowest BCUT2D eigenvalue weighted by Gasteiger charge is -2.17. The molecule has 20 heavy (non-hydrogen) atoms. The monoisotopic (exact) mass is 385 g/mol. The first-order chi connectivity index (χ1) is 9.25. The van der Waals surface area contributed by atoms with Crippen LogP contribution in [0, 0.1) is 0 Å². The lowest BCUT2D eigenvalue weighted by molar-refractivity contribution is 0.577. The number of guanidine groups is 1. The van der Waals surface area contributed by atoms with Crippen LogP contribution in [0.1, 0.15) is 11.3 Å². The van der Waals surface area contributed by atoms with E-state index in [9.17, 15) is 0 Å². The van der Waals surface area contributed by atoms with Crippen LogP contribution < -0.4 is 5.32 Å². The first-order valence-corrected chi connectivity index (χ1v) is 6.23. The van der Waals surface area contributed by atoms with Crippen molar-refractivity contribution >= 4 is 29.9 Å². The van der Waals surface area contributed by atoms with Gasteiger partial charge in [-0.15, -0.1) is 24.0 Å². The van der Waals surface area contributed by atoms with Gasteiger partial charge in [0, 0.05) is 20.3 Å². The largest absolute Gasteiger partial charge is 0.351 e. The van der Waals surface area contributed by atoms with E-state index in [-0.39, 0.29) is 24.0 Å². The van der Waals surface area contributed by atoms with Crippen molar-refractivity contribution in [2.75, 3.05) is 14.1 Å². The molecule has 0 aliphatic heterocycles. The molecule has 0 amide bonds. The molecule has 0 radical (unpaired) electrons. The molecule has 2 N–H and O–H groups in total. The summed E-state index contributed by atoms with van der Waals surface area (Å²) in [5.74, 6) is 0.860. The normalized spacial score (nSPS) is 10.8. The Morgan fingerprint density at radius 1 is 1.25 bits per heavy atom. The Balaban J connectivity index is 0.00000200. The maximum atomic E-state index is 4.59. The number of nitrogens with one attached hydrogen (secondary N) is 2. The molecule has 5 nitrogen and oxygen atoms in total. The molecule has 1 aromatic heterocycles. The van der Waals surface area contributed by atoms with E-state index in [0.29, 0.717) is 13.1 Å². The van der Waals surface area contributed by atoms with Crippen LogP contribution in [0.3, 0.4) is 0 Å². The van der Waals surface area contributed by atoms with Crippen molar-refractivity contribution in [3.05, 3.63) is 53.9 Å². The van der Waals surface area contributed by atoms with Crippen LogP contribution >= 0.6 is 24.0 Å². The summed E-state index contributed by atoms with van der Waals surface area (Å²) in [7, 11) is 3.95. The van der Waals surface area contributed by atoms with E-state index in [4.69, 9.17) is 0 Å². The van der Waals surface area contributed by atoms with E-state index in [1.807, 2.05) is 43.3 Å². The Morgan fingerprint density at radius 3 is 2.60 bits per heavy atom. The number of halogens is 1. The third-order valence-electron chi connectivity index (χ3n) is 2.67. The van der Waals surface area contributed by atoms with Gasteiger partial charge in [0.1, 0.15) is 0 Å². The van der Waals surface area contributed by atoms with E-state index in [1.165, 1.54) is 5.56 Å². The molecule has 0 saturated heterocycles. The second-order valence-electron chi connectivity index (χ2n) is 4.46. The summed E-state index contributed by atoms with van der Waals surface area (Å²) >= 11 is 0. The summed E-state index contributed by atoms with van der Waals surface area (Å²) in [5, 5.41) is 10.1. The van der Waals surface area contributed by atoms with E-state index in [0.717, 1.165) is 11.7 Å². The van der Waals surface area contributed by atoms with Gasteiger partial charge < -0.3 is 10.2 Å². The maximum Gasteiger partial charge on any atom is 0.194 e. The van der Waals surface area contributed by atoms with Crippen molar-refractivity contribution in [1.82, 2.24) is 20.4 Å². The standard InChI is InChI=1S/C14H19N5.HI/c1-19(2)14(16-11-13-8-9-17-18-13)15-10-12-6-4-3-5-7-12;/h3-9H,10-11H2,1-2H3,(H,15,16)(H,17,18);1H. The summed E-state index contributed by atoms with van der Waals surface area (Å²) in [4.78, 5) is 6.56. The molecule has 2 aromatic rings. The van der Waals surface area contributed by atoms with Crippen molar-refractivity contribution in [1.29, 1.82) is 0 Å². The van der Waals surface area contributed by atoms with Crippen molar-refractivity contribution in [3.8, 4) is 0 Å². The summed E-state index contributed by atoms with van der Waals surface area (Å²) in [6.45, 7) is 1.36. The lowest BCUT2D eigenvalue weighted by atomic mass is 10.2. The molecule has 108 valence electrons. The Kier molecular flexibility index (Phi) is 7.06. The van der Waals surface area contributed by atoms with E-state index in [2.05, 4.69) is 32.6 Å². The Hall–Kier alpha value is -1.57. The maximum absolute atomic E-state index is 4.59. The van der Waals surface area contributed by atoms with Gasteiger partial charge >= 0.3 is 0 Å². The van der Waals surface area contributed by atoms with E-state index in [1.54, 1.807) is 6.20 Å². The van der Waals surface area contributed by atoms with Gasteiger partial charge in [-0.2, -0.15) is 5.10 Å². The van der Waals surface area contributed by atoms with Crippen LogP contribution in [-0.2, 0) is 13.1 Å². The number of benzene rings is 1. The topological polar surface area (TPSA) is 56.3 Å². The van der Waals surface area contributed by atoms with Crippen LogP contribution in [0.25, 0.3) is 0 Å². The Labute approximate surface area is 136 Å². The lowest BCUT2D eigenvalue weighted by Crippen LogP contribution is -2.36. The summed E-state index contributed by atoms with van der Waals surface area (Å²) < 4.78 is 0. The van der Waals surface area contributed by atoms with Crippen molar-refractivity contribution in [2.45, 2.75) is 13.1 Å². The molecule has 0 unspecified atom stereocenters. The molecule has 1 heterocycles. The molecule has 0 spiro atoms. The molecule has 0 aliphatic rings. The van der Waals surface area contributed by atoms with Crippen LogP contribution in [0.5, 0.6) is 0 Å². The van der Waals surface area contributed by atoms with Crippen LogP contribution in [0.4, 0.5) is 0 Å². The highest BCUT2D eigenvalue weighted by molar-refractivity contribution is 14.0. The third-order valence-corrected chi connectivity index (χ3v) is 2.67. The number of rotatable bonds is 4. The number of H-pyrrole nitrogens is 1. The highest BCUT2D eigenvalue weighted by Gasteiger charge is 2.02. The summed E-state index contributed by atoms with van der Waals surface area (Å²) in [6, 6.07) is 12.2. The second kappa shape index (κ2) is 8.57. The number of nitrogens with zero attached hydrogens (tertiary/aromatic N) is 3. The number of hydrogen-bond acceptors (Lipinski definition) is 2. The van der Waals surface area contributed by atoms with E-state index < -0.39 is 0 Å². The molecule has 0 atom stereocenters. The summed E-state index contributed by atoms with van der Waals surface area (Å²) in [6.07, 6.45) is 1.74. The Morgan fingerprint density at radius 2 is 2.00 bits per heavy atom. The number of aromatic nitrogens is 2. The minimum atomic E-state index is 0. The second-order valence-corrected chi connectivity index (χ2v) is 4.46. The van der Waals surface area contributed by atoms with Gasteiger partial charge in [-0.05, 0) is 11.6 Å². The highest BCUT2D eigenvalue weighted by atomic mass is 127. The number of aromatic amines is 1. The summed E-state index contributed by atoms with van der Waals surface area (Å²) in [5.41, 5.74) is 2.24. The molecule has 0 bridgehead atoms. The zero-order valence-electron chi connectivity index (χ0n) is 11.7. The van der Waals surface area contributed by atoms with E-state index >= 15 is 0 Å². The smallest absolute Gasteiger partial charge is 0.194 e. The van der Waals surface area contributed by atoms with Crippen LogP contribution in [0.2, 0.25) is 0 Å². The van der Waals surface area contributed by atoms with Gasteiger partial charge in [0.15, 0.2) is 5.96 Å². The zero-order chi connectivity index (χ0) is 13.5. The molecule has 2 rings (SSSR count). The molecule has 1 aromatic carbocycles. The fourth-order valence-electron chi connectivity index (χ4n) is 1.66. The van der Waals surface area contributed by atoms with Gasteiger partial charge in [-0.1, -0.05) is 30.3 Å². The molecule has 0 fully saturated rings. The van der Waals surface area contributed by atoms with Gasteiger partial charge in [-0.25, -0.2) is 4.99 Å². The number of aliphatic imine (C=N–C) groups is 1. The quantitative estimate of drug-likeness (QED) is 0.482. The van der Waals surface area contributed by atoms with Crippen molar-refractivity contribution < 1.29 is 0 Å². The predicted molar refractivity (Wildman–Crippen MR) is 92.1 cm³/mol. The van der Waals surface area contributed by atoms with Gasteiger partial charge in [-0.3, -0.25) is 5.10 Å². The van der Waals surface area contributed by atoms with Gasteiger partial charge in [0.05, 0.1) is 18.8 Å². The fourth-order valence-corrected chi connectivity index (χ4v) is 1.66. The fraction of sp³-hybridized carbons (Fsp3) is 0.286. The van der Waals surface area contributed by atoms with Crippen LogP contribution in [0.15, 0.2) is 47.6 Å².